The van der Waals surface area contributed by atoms with E-state index < -0.39 is 0 Å². The van der Waals surface area contributed by atoms with Crippen LogP contribution in [0.3, 0.4) is 0 Å². The highest BCUT2D eigenvalue weighted by atomic mass is 16.5. The Labute approximate surface area is 139 Å². The van der Waals surface area contributed by atoms with Crippen LogP contribution in [0.2, 0.25) is 0 Å². The van der Waals surface area contributed by atoms with E-state index in [9.17, 15) is 0 Å². The van der Waals surface area contributed by atoms with E-state index in [0.29, 0.717) is 19.1 Å². The number of piperazine rings is 1. The number of para-hydroxylation sites is 1. The number of aliphatic imine (C=N–C) groups is 1. The molecule has 2 rings (SSSR count). The molecule has 1 saturated heterocycles. The summed E-state index contributed by atoms with van der Waals surface area (Å²) in [6.07, 6.45) is 1.04. The van der Waals surface area contributed by atoms with E-state index in [1.54, 1.807) is 7.11 Å². The third-order valence-corrected chi connectivity index (χ3v) is 4.02. The third kappa shape index (κ3) is 6.46. The molecule has 1 aromatic rings. The molecule has 1 heterocycles. The van der Waals surface area contributed by atoms with Crippen LogP contribution < -0.4 is 16.0 Å². The van der Waals surface area contributed by atoms with Crippen molar-refractivity contribution in [1.29, 1.82) is 0 Å². The predicted molar refractivity (Wildman–Crippen MR) is 96.1 cm³/mol. The van der Waals surface area contributed by atoms with Gasteiger partial charge in [0, 0.05) is 58.6 Å². The minimum Gasteiger partial charge on any atom is -0.383 e. The molecule has 0 atom stereocenters. The summed E-state index contributed by atoms with van der Waals surface area (Å²) in [5.74, 6) is 0.510. The second-order valence-electron chi connectivity index (χ2n) is 5.70. The van der Waals surface area contributed by atoms with Crippen molar-refractivity contribution in [3.63, 3.8) is 0 Å². The standard InChI is InChI=1S/C17H29N5O/c1-23-15-9-20-17(18)19-8-5-10-21-11-13-22(14-12-21)16-6-3-2-4-7-16/h2-4,6-7H,5,8-15H2,1H3,(H3,18,19,20). The molecule has 128 valence electrons. The Morgan fingerprint density at radius 2 is 1.96 bits per heavy atom. The smallest absolute Gasteiger partial charge is 0.188 e. The quantitative estimate of drug-likeness (QED) is 0.420. The Morgan fingerprint density at radius 3 is 2.65 bits per heavy atom. The van der Waals surface area contributed by atoms with Gasteiger partial charge >= 0.3 is 0 Å². The molecule has 0 spiro atoms. The first kappa shape index (κ1) is 17.6. The number of methoxy groups -OCH3 is 1. The molecule has 1 fully saturated rings. The largest absolute Gasteiger partial charge is 0.383 e. The monoisotopic (exact) mass is 319 g/mol. The van der Waals surface area contributed by atoms with Crippen LogP contribution in [0.15, 0.2) is 35.3 Å². The summed E-state index contributed by atoms with van der Waals surface area (Å²) in [6.45, 7) is 7.60. The van der Waals surface area contributed by atoms with Gasteiger partial charge in [0.2, 0.25) is 0 Å². The Morgan fingerprint density at radius 1 is 1.22 bits per heavy atom. The zero-order chi connectivity index (χ0) is 16.3. The second-order valence-corrected chi connectivity index (χ2v) is 5.70. The lowest BCUT2D eigenvalue weighted by Gasteiger charge is -2.36. The van der Waals surface area contributed by atoms with E-state index >= 15 is 0 Å². The SMILES string of the molecule is COCCNC(N)=NCCCN1CCN(c2ccccc2)CC1. The molecule has 6 nitrogen and oxygen atoms in total. The van der Waals surface area contributed by atoms with Gasteiger partial charge in [-0.1, -0.05) is 18.2 Å². The number of hydrogen-bond acceptors (Lipinski definition) is 4. The lowest BCUT2D eigenvalue weighted by atomic mass is 10.2. The van der Waals surface area contributed by atoms with E-state index in [1.165, 1.54) is 5.69 Å². The maximum Gasteiger partial charge on any atom is 0.188 e. The lowest BCUT2D eigenvalue weighted by molar-refractivity contribution is 0.204. The van der Waals surface area contributed by atoms with Gasteiger partial charge in [-0.05, 0) is 18.6 Å². The van der Waals surface area contributed by atoms with Gasteiger partial charge < -0.3 is 20.7 Å². The van der Waals surface area contributed by atoms with Crippen LogP contribution in [0.25, 0.3) is 0 Å². The summed E-state index contributed by atoms with van der Waals surface area (Å²) < 4.78 is 4.95. The summed E-state index contributed by atoms with van der Waals surface area (Å²) in [5, 5.41) is 3.03. The van der Waals surface area contributed by atoms with E-state index in [4.69, 9.17) is 10.5 Å². The van der Waals surface area contributed by atoms with Gasteiger partial charge in [0.25, 0.3) is 0 Å². The molecular formula is C17H29N5O. The first-order chi connectivity index (χ1) is 11.3. The van der Waals surface area contributed by atoms with Crippen molar-refractivity contribution in [1.82, 2.24) is 10.2 Å². The number of hydrogen-bond donors (Lipinski definition) is 2. The summed E-state index contributed by atoms with van der Waals surface area (Å²) >= 11 is 0. The highest BCUT2D eigenvalue weighted by Crippen LogP contribution is 2.15. The summed E-state index contributed by atoms with van der Waals surface area (Å²) in [5.41, 5.74) is 7.10. The van der Waals surface area contributed by atoms with Crippen LogP contribution in [0.5, 0.6) is 0 Å². The summed E-state index contributed by atoms with van der Waals surface area (Å²) in [4.78, 5) is 9.29. The lowest BCUT2D eigenvalue weighted by Crippen LogP contribution is -2.46. The molecule has 0 amide bonds. The number of ether oxygens (including phenoxy) is 1. The molecule has 0 bridgehead atoms. The number of nitrogens with one attached hydrogen (secondary N) is 1. The molecule has 1 aromatic carbocycles. The van der Waals surface area contributed by atoms with Crippen molar-refractivity contribution in [2.75, 3.05) is 64.4 Å². The van der Waals surface area contributed by atoms with Crippen LogP contribution in [-0.4, -0.2) is 70.4 Å². The Hall–Kier alpha value is -1.79. The zero-order valence-corrected chi connectivity index (χ0v) is 14.1. The summed E-state index contributed by atoms with van der Waals surface area (Å²) in [7, 11) is 1.67. The average Bonchev–Trinajstić information content (AvgIpc) is 2.60. The van der Waals surface area contributed by atoms with Gasteiger partial charge in [-0.25, -0.2) is 0 Å². The van der Waals surface area contributed by atoms with Crippen LogP contribution in [0.1, 0.15) is 6.42 Å². The van der Waals surface area contributed by atoms with Crippen molar-refractivity contribution >= 4 is 11.6 Å². The molecule has 0 saturated carbocycles. The molecule has 6 heteroatoms. The number of nitrogens with zero attached hydrogens (tertiary/aromatic N) is 3. The molecule has 1 aliphatic rings. The van der Waals surface area contributed by atoms with Crippen molar-refractivity contribution in [2.45, 2.75) is 6.42 Å². The number of benzene rings is 1. The normalized spacial score (nSPS) is 16.6. The maximum atomic E-state index is 5.78. The Bertz CT molecular complexity index is 457. The van der Waals surface area contributed by atoms with Gasteiger partial charge in [-0.15, -0.1) is 0 Å². The summed E-state index contributed by atoms with van der Waals surface area (Å²) in [6, 6.07) is 10.6. The van der Waals surface area contributed by atoms with Crippen molar-refractivity contribution < 1.29 is 4.74 Å². The van der Waals surface area contributed by atoms with E-state index in [1.807, 2.05) is 0 Å². The van der Waals surface area contributed by atoms with Gasteiger partial charge in [0.05, 0.1) is 6.61 Å². The maximum absolute atomic E-state index is 5.78. The van der Waals surface area contributed by atoms with Gasteiger partial charge in [-0.3, -0.25) is 9.89 Å². The number of guanidine groups is 1. The highest BCUT2D eigenvalue weighted by molar-refractivity contribution is 5.77. The van der Waals surface area contributed by atoms with Gasteiger partial charge in [0.15, 0.2) is 5.96 Å². The molecule has 23 heavy (non-hydrogen) atoms. The molecular weight excluding hydrogens is 290 g/mol. The Balaban J connectivity index is 1.59. The fraction of sp³-hybridized carbons (Fsp3) is 0.588. The van der Waals surface area contributed by atoms with Crippen molar-refractivity contribution in [3.05, 3.63) is 30.3 Å². The molecule has 0 unspecified atom stereocenters. The minimum atomic E-state index is 0.510. The molecule has 0 radical (unpaired) electrons. The molecule has 1 aliphatic heterocycles. The zero-order valence-electron chi connectivity index (χ0n) is 14.1. The van der Waals surface area contributed by atoms with Gasteiger partial charge in [0.1, 0.15) is 0 Å². The molecule has 3 N–H and O–H groups in total. The van der Waals surface area contributed by atoms with E-state index in [2.05, 4.69) is 50.4 Å². The van der Waals surface area contributed by atoms with Crippen molar-refractivity contribution in [3.8, 4) is 0 Å². The van der Waals surface area contributed by atoms with E-state index in [-0.39, 0.29) is 0 Å². The highest BCUT2D eigenvalue weighted by Gasteiger charge is 2.16. The van der Waals surface area contributed by atoms with E-state index in [0.717, 1.165) is 45.7 Å². The molecule has 0 aromatic heterocycles. The minimum absolute atomic E-state index is 0.510. The average molecular weight is 319 g/mol. The van der Waals surface area contributed by atoms with Crippen LogP contribution in [0.4, 0.5) is 5.69 Å². The number of nitrogens with two attached hydrogens (primary N) is 1. The topological polar surface area (TPSA) is 66.1 Å². The second kappa shape index (κ2) is 10.1. The predicted octanol–water partition coefficient (Wildman–Crippen LogP) is 0.749. The van der Waals surface area contributed by atoms with Gasteiger partial charge in [-0.2, -0.15) is 0 Å². The Kier molecular flexibility index (Phi) is 7.69. The van der Waals surface area contributed by atoms with Crippen LogP contribution >= 0.6 is 0 Å². The molecule has 0 aliphatic carbocycles. The third-order valence-electron chi connectivity index (χ3n) is 4.02. The first-order valence-corrected chi connectivity index (χ1v) is 8.34. The fourth-order valence-electron chi connectivity index (χ4n) is 2.70. The van der Waals surface area contributed by atoms with Crippen LogP contribution in [-0.2, 0) is 4.74 Å². The number of anilines is 1. The fourth-order valence-corrected chi connectivity index (χ4v) is 2.70. The first-order valence-electron chi connectivity index (χ1n) is 8.34. The van der Waals surface area contributed by atoms with Crippen molar-refractivity contribution in [2.24, 2.45) is 10.7 Å². The number of rotatable bonds is 8. The van der Waals surface area contributed by atoms with Crippen LogP contribution in [0, 0.1) is 0 Å².